The summed E-state index contributed by atoms with van der Waals surface area (Å²) < 4.78 is 0. The minimum atomic E-state index is -0.837. The second-order valence-electron chi connectivity index (χ2n) is 4.98. The molecule has 0 aromatic heterocycles. The van der Waals surface area contributed by atoms with Crippen LogP contribution in [0.1, 0.15) is 15.9 Å². The van der Waals surface area contributed by atoms with Gasteiger partial charge in [0, 0.05) is 37.4 Å². The minimum absolute atomic E-state index is 0.0271. The lowest BCUT2D eigenvalue weighted by Crippen LogP contribution is -2.50. The number of aliphatic carboxylic acids is 1. The lowest BCUT2D eigenvalue weighted by molar-refractivity contribution is -0.138. The number of rotatable bonds is 3. The summed E-state index contributed by atoms with van der Waals surface area (Å²) in [5.74, 6) is -0.874. The molecule has 3 N–H and O–H groups in total. The summed E-state index contributed by atoms with van der Waals surface area (Å²) in [5.41, 5.74) is 7.85. The molecule has 1 aliphatic rings. The lowest BCUT2D eigenvalue weighted by atomic mass is 10.1. The van der Waals surface area contributed by atoms with E-state index in [-0.39, 0.29) is 12.5 Å². The number of carboxylic acids is 1. The molecule has 0 unspecified atom stereocenters. The molecule has 2 rings (SSSR count). The van der Waals surface area contributed by atoms with E-state index in [0.717, 1.165) is 5.56 Å². The van der Waals surface area contributed by atoms with E-state index in [1.807, 2.05) is 11.8 Å². The number of benzene rings is 1. The smallest absolute Gasteiger partial charge is 0.317 e. The number of carbonyl (C=O) groups is 2. The van der Waals surface area contributed by atoms with Gasteiger partial charge >= 0.3 is 5.97 Å². The SMILES string of the molecule is Cc1c(N)cccc1C(=O)N1CCN(CC(=O)O)CC1. The molecule has 0 spiro atoms. The molecule has 0 radical (unpaired) electrons. The highest BCUT2D eigenvalue weighted by Gasteiger charge is 2.24. The number of carbonyl (C=O) groups excluding carboxylic acids is 1. The van der Waals surface area contributed by atoms with Crippen LogP contribution in [0.15, 0.2) is 18.2 Å². The third-order valence-electron chi connectivity index (χ3n) is 3.62. The van der Waals surface area contributed by atoms with E-state index in [1.165, 1.54) is 0 Å². The molecule has 1 aliphatic heterocycles. The van der Waals surface area contributed by atoms with Crippen LogP contribution in [0.3, 0.4) is 0 Å². The third-order valence-corrected chi connectivity index (χ3v) is 3.62. The second kappa shape index (κ2) is 5.92. The van der Waals surface area contributed by atoms with Crippen molar-refractivity contribution >= 4 is 17.6 Å². The van der Waals surface area contributed by atoms with Crippen LogP contribution in [0.2, 0.25) is 0 Å². The lowest BCUT2D eigenvalue weighted by Gasteiger charge is -2.34. The van der Waals surface area contributed by atoms with Crippen molar-refractivity contribution in [2.45, 2.75) is 6.92 Å². The van der Waals surface area contributed by atoms with Gasteiger partial charge in [0.1, 0.15) is 0 Å². The van der Waals surface area contributed by atoms with Gasteiger partial charge in [0.25, 0.3) is 5.91 Å². The van der Waals surface area contributed by atoms with Gasteiger partial charge in [-0.25, -0.2) is 0 Å². The van der Waals surface area contributed by atoms with Crippen LogP contribution < -0.4 is 5.73 Å². The summed E-state index contributed by atoms with van der Waals surface area (Å²) >= 11 is 0. The predicted molar refractivity (Wildman–Crippen MR) is 75.6 cm³/mol. The Morgan fingerprint density at radius 1 is 1.25 bits per heavy atom. The van der Waals surface area contributed by atoms with Crippen LogP contribution in [0.25, 0.3) is 0 Å². The molecular formula is C14H19N3O3. The van der Waals surface area contributed by atoms with E-state index in [4.69, 9.17) is 10.8 Å². The Morgan fingerprint density at radius 3 is 2.50 bits per heavy atom. The number of amides is 1. The van der Waals surface area contributed by atoms with Crippen LogP contribution in [-0.4, -0.2) is 59.5 Å². The molecule has 1 aromatic rings. The van der Waals surface area contributed by atoms with Crippen molar-refractivity contribution < 1.29 is 14.7 Å². The number of hydrogen-bond acceptors (Lipinski definition) is 4. The molecule has 1 heterocycles. The van der Waals surface area contributed by atoms with Crippen molar-refractivity contribution in [2.75, 3.05) is 38.5 Å². The summed E-state index contributed by atoms with van der Waals surface area (Å²) in [6.07, 6.45) is 0. The van der Waals surface area contributed by atoms with Crippen LogP contribution in [0, 0.1) is 6.92 Å². The molecule has 6 heteroatoms. The summed E-state index contributed by atoms with van der Waals surface area (Å²) in [4.78, 5) is 26.7. The maximum atomic E-state index is 12.4. The Kier molecular flexibility index (Phi) is 4.24. The average molecular weight is 277 g/mol. The minimum Gasteiger partial charge on any atom is -0.480 e. The molecule has 0 saturated carbocycles. The van der Waals surface area contributed by atoms with Crippen molar-refractivity contribution in [1.29, 1.82) is 0 Å². The highest BCUT2D eigenvalue weighted by atomic mass is 16.4. The maximum absolute atomic E-state index is 12.4. The zero-order chi connectivity index (χ0) is 14.7. The Morgan fingerprint density at radius 2 is 1.90 bits per heavy atom. The highest BCUT2D eigenvalue weighted by molar-refractivity contribution is 5.97. The largest absolute Gasteiger partial charge is 0.480 e. The summed E-state index contributed by atoms with van der Waals surface area (Å²) in [7, 11) is 0. The monoisotopic (exact) mass is 277 g/mol. The number of nitrogens with zero attached hydrogens (tertiary/aromatic N) is 2. The van der Waals surface area contributed by atoms with Gasteiger partial charge in [-0.2, -0.15) is 0 Å². The standard InChI is InChI=1S/C14H19N3O3/c1-10-11(3-2-4-12(10)15)14(20)17-7-5-16(6-8-17)9-13(18)19/h2-4H,5-9,15H2,1H3,(H,18,19). The Hall–Kier alpha value is -2.08. The molecule has 1 saturated heterocycles. The summed E-state index contributed by atoms with van der Waals surface area (Å²) in [6, 6.07) is 5.32. The Bertz CT molecular complexity index is 522. The number of nitrogen functional groups attached to an aromatic ring is 1. The average Bonchev–Trinajstić information content (AvgIpc) is 2.41. The maximum Gasteiger partial charge on any atom is 0.317 e. The van der Waals surface area contributed by atoms with Crippen LogP contribution >= 0.6 is 0 Å². The number of carboxylic acid groups (broad SMARTS) is 1. The quantitative estimate of drug-likeness (QED) is 0.782. The molecule has 1 fully saturated rings. The fourth-order valence-electron chi connectivity index (χ4n) is 2.36. The van der Waals surface area contributed by atoms with Gasteiger partial charge < -0.3 is 15.7 Å². The highest BCUT2D eigenvalue weighted by Crippen LogP contribution is 2.18. The van der Waals surface area contributed by atoms with E-state index < -0.39 is 5.97 Å². The third kappa shape index (κ3) is 3.08. The summed E-state index contributed by atoms with van der Waals surface area (Å²) in [5, 5.41) is 8.75. The van der Waals surface area contributed by atoms with Crippen molar-refractivity contribution in [3.05, 3.63) is 29.3 Å². The van der Waals surface area contributed by atoms with Gasteiger partial charge in [-0.3, -0.25) is 14.5 Å². The van der Waals surface area contributed by atoms with Gasteiger partial charge in [-0.15, -0.1) is 0 Å². The molecular weight excluding hydrogens is 258 g/mol. The zero-order valence-corrected chi connectivity index (χ0v) is 11.5. The van der Waals surface area contributed by atoms with E-state index >= 15 is 0 Å². The van der Waals surface area contributed by atoms with E-state index in [1.54, 1.807) is 23.1 Å². The van der Waals surface area contributed by atoms with Gasteiger partial charge in [-0.05, 0) is 24.6 Å². The van der Waals surface area contributed by atoms with Crippen molar-refractivity contribution in [3.8, 4) is 0 Å². The number of anilines is 1. The van der Waals surface area contributed by atoms with Crippen LogP contribution in [-0.2, 0) is 4.79 Å². The first-order chi connectivity index (χ1) is 9.49. The fraction of sp³-hybridized carbons (Fsp3) is 0.429. The first-order valence-electron chi connectivity index (χ1n) is 6.57. The normalized spacial score (nSPS) is 16.1. The van der Waals surface area contributed by atoms with Crippen molar-refractivity contribution in [1.82, 2.24) is 9.80 Å². The summed E-state index contributed by atoms with van der Waals surface area (Å²) in [6.45, 7) is 4.11. The fourth-order valence-corrected chi connectivity index (χ4v) is 2.36. The van der Waals surface area contributed by atoms with Gasteiger partial charge in [0.2, 0.25) is 0 Å². The molecule has 108 valence electrons. The first-order valence-corrected chi connectivity index (χ1v) is 6.57. The van der Waals surface area contributed by atoms with E-state index in [0.29, 0.717) is 37.4 Å². The Labute approximate surface area is 117 Å². The van der Waals surface area contributed by atoms with E-state index in [9.17, 15) is 9.59 Å². The molecule has 0 bridgehead atoms. The van der Waals surface area contributed by atoms with Crippen molar-refractivity contribution in [2.24, 2.45) is 0 Å². The van der Waals surface area contributed by atoms with Crippen LogP contribution in [0.5, 0.6) is 0 Å². The van der Waals surface area contributed by atoms with Gasteiger partial charge in [-0.1, -0.05) is 6.07 Å². The molecule has 1 aromatic carbocycles. The first kappa shape index (κ1) is 14.3. The van der Waals surface area contributed by atoms with Gasteiger partial charge in [0.05, 0.1) is 6.54 Å². The second-order valence-corrected chi connectivity index (χ2v) is 4.98. The van der Waals surface area contributed by atoms with Crippen molar-refractivity contribution in [3.63, 3.8) is 0 Å². The topological polar surface area (TPSA) is 86.9 Å². The molecule has 1 amide bonds. The van der Waals surface area contributed by atoms with Crippen LogP contribution in [0.4, 0.5) is 5.69 Å². The van der Waals surface area contributed by atoms with Gasteiger partial charge in [0.15, 0.2) is 0 Å². The predicted octanol–water partition coefficient (Wildman–Crippen LogP) is 0.420. The molecule has 0 atom stereocenters. The molecule has 0 aliphatic carbocycles. The number of hydrogen-bond donors (Lipinski definition) is 2. The number of piperazine rings is 1. The Balaban J connectivity index is 2.02. The van der Waals surface area contributed by atoms with E-state index in [2.05, 4.69) is 0 Å². The zero-order valence-electron chi connectivity index (χ0n) is 11.5. The number of nitrogens with two attached hydrogens (primary N) is 1. The molecule has 6 nitrogen and oxygen atoms in total. The molecule has 20 heavy (non-hydrogen) atoms.